The Morgan fingerprint density at radius 2 is 1.80 bits per heavy atom. The first-order chi connectivity index (χ1) is 20.9. The number of aliphatic imine (C=N–C) groups is 1. The molecule has 0 saturated heterocycles. The van der Waals surface area contributed by atoms with Crippen molar-refractivity contribution in [2.75, 3.05) is 0 Å². The molecule has 2 N–H and O–H groups in total. The fourth-order valence-electron chi connectivity index (χ4n) is 6.39. The molecule has 1 saturated carbocycles. The van der Waals surface area contributed by atoms with Crippen LogP contribution < -0.4 is 5.32 Å². The maximum absolute atomic E-state index is 14.4. The molecule has 9 nitrogen and oxygen atoms in total. The highest BCUT2D eigenvalue weighted by molar-refractivity contribution is 6.46. The predicted molar refractivity (Wildman–Crippen MR) is 162 cm³/mol. The lowest BCUT2D eigenvalue weighted by atomic mass is 9.75. The summed E-state index contributed by atoms with van der Waals surface area (Å²) in [5, 5.41) is 16.4. The minimum absolute atomic E-state index is 0.00222. The molecule has 1 aromatic heterocycles. The van der Waals surface area contributed by atoms with Gasteiger partial charge in [0.15, 0.2) is 17.5 Å². The molecule has 0 radical (unpaired) electrons. The van der Waals surface area contributed by atoms with E-state index in [4.69, 9.17) is 4.99 Å². The quantitative estimate of drug-likeness (QED) is 0.304. The van der Waals surface area contributed by atoms with Gasteiger partial charge in [-0.1, -0.05) is 52.0 Å². The molecule has 2 aromatic carbocycles. The summed E-state index contributed by atoms with van der Waals surface area (Å²) in [4.78, 5) is 34.2. The molecule has 5 rings (SSSR count). The van der Waals surface area contributed by atoms with Crippen molar-refractivity contribution >= 4 is 17.5 Å². The number of carbonyl (C=O) groups is 2. The number of amides is 2. The van der Waals surface area contributed by atoms with E-state index in [1.807, 2.05) is 17.0 Å². The van der Waals surface area contributed by atoms with Gasteiger partial charge in [0.1, 0.15) is 11.4 Å². The minimum atomic E-state index is -1.01. The van der Waals surface area contributed by atoms with Crippen LogP contribution in [0.1, 0.15) is 106 Å². The Morgan fingerprint density at radius 1 is 1.09 bits per heavy atom. The summed E-state index contributed by atoms with van der Waals surface area (Å²) in [6, 6.07) is 10.5. The Labute approximate surface area is 256 Å². The number of tetrazole rings is 1. The number of hydrogen-bond donors (Lipinski definition) is 2. The van der Waals surface area contributed by atoms with E-state index in [9.17, 15) is 18.4 Å². The number of hydrogen-bond acceptors (Lipinski definition) is 6. The van der Waals surface area contributed by atoms with Gasteiger partial charge in [0.2, 0.25) is 0 Å². The number of aromatic amines is 1. The van der Waals surface area contributed by atoms with E-state index in [1.165, 1.54) is 6.07 Å². The number of nitrogens with zero attached hydrogens (tertiary/aromatic N) is 5. The van der Waals surface area contributed by atoms with Crippen molar-refractivity contribution in [2.45, 2.75) is 91.4 Å². The van der Waals surface area contributed by atoms with E-state index in [2.05, 4.69) is 60.6 Å². The number of halogens is 2. The lowest BCUT2D eigenvalue weighted by Gasteiger charge is -2.46. The molecule has 234 valence electrons. The molecule has 1 unspecified atom stereocenters. The van der Waals surface area contributed by atoms with E-state index < -0.39 is 17.3 Å². The SMILES string of the molecule is CC(C)C1CCC2(CC1)N=C(c1ccc(F)c(F)c1)C(=O)N2C(CCC(C)(C)C)c1ccc(C(=O)NCc2nn[nH]n2)cc1. The molecule has 44 heavy (non-hydrogen) atoms. The van der Waals surface area contributed by atoms with Crippen molar-refractivity contribution < 1.29 is 18.4 Å². The van der Waals surface area contributed by atoms with Crippen LogP contribution in [-0.2, 0) is 11.3 Å². The zero-order valence-corrected chi connectivity index (χ0v) is 26.0. The fraction of sp³-hybridized carbons (Fsp3) is 0.515. The van der Waals surface area contributed by atoms with Gasteiger partial charge in [0.25, 0.3) is 11.8 Å². The van der Waals surface area contributed by atoms with Gasteiger partial charge in [0, 0.05) is 11.1 Å². The van der Waals surface area contributed by atoms with Crippen molar-refractivity contribution in [1.29, 1.82) is 0 Å². The molecular formula is C33H41F2N7O2. The average Bonchev–Trinajstić information content (AvgIpc) is 3.60. The lowest BCUT2D eigenvalue weighted by molar-refractivity contribution is -0.133. The second kappa shape index (κ2) is 12.5. The molecule has 2 aliphatic rings. The summed E-state index contributed by atoms with van der Waals surface area (Å²) in [6.07, 6.45) is 4.73. The van der Waals surface area contributed by atoms with Crippen LogP contribution in [0.3, 0.4) is 0 Å². The molecule has 0 bridgehead atoms. The molecule has 2 amide bonds. The molecule has 11 heteroatoms. The summed E-state index contributed by atoms with van der Waals surface area (Å²) in [5.41, 5.74) is 1.03. The first-order valence-electron chi connectivity index (χ1n) is 15.4. The summed E-state index contributed by atoms with van der Waals surface area (Å²) in [6.45, 7) is 11.1. The number of H-pyrrole nitrogens is 1. The van der Waals surface area contributed by atoms with Crippen LogP contribution in [0.2, 0.25) is 0 Å². The van der Waals surface area contributed by atoms with Gasteiger partial charge in [-0.2, -0.15) is 5.21 Å². The Kier molecular flexibility index (Phi) is 8.95. The van der Waals surface area contributed by atoms with Crippen molar-refractivity contribution in [3.8, 4) is 0 Å². The van der Waals surface area contributed by atoms with E-state index >= 15 is 0 Å². The normalized spacial score (nSPS) is 21.2. The van der Waals surface area contributed by atoms with Crippen molar-refractivity contribution in [3.05, 3.63) is 76.6 Å². The van der Waals surface area contributed by atoms with Crippen molar-refractivity contribution in [3.63, 3.8) is 0 Å². The maximum Gasteiger partial charge on any atom is 0.275 e. The molecule has 1 atom stereocenters. The number of carbonyl (C=O) groups excluding carboxylic acids is 2. The second-order valence-corrected chi connectivity index (χ2v) is 13.6. The van der Waals surface area contributed by atoms with Crippen molar-refractivity contribution in [2.24, 2.45) is 22.2 Å². The van der Waals surface area contributed by atoms with Gasteiger partial charge in [-0.15, -0.1) is 10.2 Å². The lowest BCUT2D eigenvalue weighted by Crippen LogP contribution is -2.51. The smallest absolute Gasteiger partial charge is 0.275 e. The van der Waals surface area contributed by atoms with Gasteiger partial charge in [-0.25, -0.2) is 8.78 Å². The van der Waals surface area contributed by atoms with Crippen molar-refractivity contribution in [1.82, 2.24) is 30.8 Å². The number of nitrogens with one attached hydrogen (secondary N) is 2. The summed E-state index contributed by atoms with van der Waals surface area (Å²) >= 11 is 0. The van der Waals surface area contributed by atoms with Crippen LogP contribution in [0.4, 0.5) is 8.78 Å². The monoisotopic (exact) mass is 605 g/mol. The zero-order chi connectivity index (χ0) is 31.6. The highest BCUT2D eigenvalue weighted by Crippen LogP contribution is 2.48. The second-order valence-electron chi connectivity index (χ2n) is 13.6. The van der Waals surface area contributed by atoms with Crippen LogP contribution in [-0.4, -0.2) is 48.7 Å². The number of aromatic nitrogens is 4. The third kappa shape index (κ3) is 6.71. The van der Waals surface area contributed by atoms with E-state index in [0.29, 0.717) is 42.5 Å². The summed E-state index contributed by atoms with van der Waals surface area (Å²) in [5.74, 6) is -1.11. The topological polar surface area (TPSA) is 116 Å². The van der Waals surface area contributed by atoms with Gasteiger partial charge < -0.3 is 10.2 Å². The van der Waals surface area contributed by atoms with Crippen LogP contribution in [0, 0.1) is 28.9 Å². The highest BCUT2D eigenvalue weighted by atomic mass is 19.2. The van der Waals surface area contributed by atoms with Gasteiger partial charge in [0.05, 0.1) is 12.6 Å². The molecule has 2 heterocycles. The molecule has 3 aromatic rings. The number of benzene rings is 2. The third-order valence-electron chi connectivity index (χ3n) is 8.99. The molecule has 1 fully saturated rings. The van der Waals surface area contributed by atoms with E-state index in [0.717, 1.165) is 37.0 Å². The van der Waals surface area contributed by atoms with Crippen LogP contribution in [0.25, 0.3) is 0 Å². The van der Waals surface area contributed by atoms with Crippen LogP contribution in [0.15, 0.2) is 47.5 Å². The van der Waals surface area contributed by atoms with Gasteiger partial charge in [-0.05, 0) is 91.7 Å². The van der Waals surface area contributed by atoms with Gasteiger partial charge in [-0.3, -0.25) is 14.6 Å². The molecule has 1 aliphatic heterocycles. The van der Waals surface area contributed by atoms with Crippen LogP contribution >= 0.6 is 0 Å². The maximum atomic E-state index is 14.4. The van der Waals surface area contributed by atoms with Gasteiger partial charge >= 0.3 is 0 Å². The summed E-state index contributed by atoms with van der Waals surface area (Å²) < 4.78 is 28.2. The molecule has 1 spiro atoms. The molecular weight excluding hydrogens is 564 g/mol. The largest absolute Gasteiger partial charge is 0.345 e. The Morgan fingerprint density at radius 3 is 2.39 bits per heavy atom. The predicted octanol–water partition coefficient (Wildman–Crippen LogP) is 6.15. The minimum Gasteiger partial charge on any atom is -0.345 e. The standard InChI is InChI=1S/C33H41F2N7O2/c1-20(2)21-12-16-33(17-13-21)37-29(24-10-11-25(34)26(35)18-24)31(44)42(33)27(14-15-32(3,4)5)22-6-8-23(9-7-22)30(43)36-19-28-38-40-41-39-28/h6-11,18,20-21,27H,12-17,19H2,1-5H3,(H,36,43)(H,38,39,40,41). The Bertz CT molecular complexity index is 1510. The van der Waals surface area contributed by atoms with E-state index in [-0.39, 0.29) is 41.1 Å². The Hall–Kier alpha value is -4.02. The third-order valence-corrected chi connectivity index (χ3v) is 8.99. The first-order valence-corrected chi connectivity index (χ1v) is 15.4. The van der Waals surface area contributed by atoms with E-state index in [1.54, 1.807) is 12.1 Å². The Balaban J connectivity index is 1.49. The molecule has 1 aliphatic carbocycles. The average molecular weight is 606 g/mol. The zero-order valence-electron chi connectivity index (χ0n) is 26.0. The van der Waals surface area contributed by atoms with Crippen LogP contribution in [0.5, 0.6) is 0 Å². The summed E-state index contributed by atoms with van der Waals surface area (Å²) in [7, 11) is 0. The number of rotatable bonds is 9. The fourth-order valence-corrected chi connectivity index (χ4v) is 6.39. The first kappa shape index (κ1) is 31.4. The highest BCUT2D eigenvalue weighted by Gasteiger charge is 2.52.